The molecule has 0 saturated heterocycles. The van der Waals surface area contributed by atoms with Crippen LogP contribution >= 0.6 is 11.3 Å². The van der Waals surface area contributed by atoms with Gasteiger partial charge in [-0.3, -0.25) is 9.59 Å². The fourth-order valence-corrected chi connectivity index (χ4v) is 2.84. The van der Waals surface area contributed by atoms with Crippen LogP contribution in [-0.2, 0) is 0 Å². The molecule has 100 valence electrons. The Labute approximate surface area is 119 Å². The summed E-state index contributed by atoms with van der Waals surface area (Å²) in [6.07, 6.45) is 2.08. The molecule has 0 saturated carbocycles. The first-order valence-corrected chi connectivity index (χ1v) is 7.18. The van der Waals surface area contributed by atoms with Gasteiger partial charge in [0.2, 0.25) is 5.78 Å². The Balaban J connectivity index is 2.00. The molecule has 0 radical (unpaired) electrons. The molecule has 0 atom stereocenters. The van der Waals surface area contributed by atoms with Crippen molar-refractivity contribution in [3.8, 4) is 0 Å². The monoisotopic (exact) mass is 284 g/mol. The van der Waals surface area contributed by atoms with Crippen LogP contribution in [0.1, 0.15) is 39.2 Å². The zero-order chi connectivity index (χ0) is 14.1. The van der Waals surface area contributed by atoms with Crippen molar-refractivity contribution in [3.63, 3.8) is 0 Å². The standard InChI is InChI=1S/C15H12N2O2S/c1-2-13(18)12-8-20-15(17-12)14(19)10-7-16-11-6-4-3-5-9(10)11/h3-8,16H,2H2,1H3. The minimum Gasteiger partial charge on any atom is -0.360 e. The van der Waals surface area contributed by atoms with E-state index in [1.165, 1.54) is 11.3 Å². The first-order valence-electron chi connectivity index (χ1n) is 6.30. The summed E-state index contributed by atoms with van der Waals surface area (Å²) < 4.78 is 0. The summed E-state index contributed by atoms with van der Waals surface area (Å²) >= 11 is 1.21. The molecule has 0 unspecified atom stereocenters. The van der Waals surface area contributed by atoms with Gasteiger partial charge in [-0.25, -0.2) is 4.98 Å². The van der Waals surface area contributed by atoms with E-state index in [1.807, 2.05) is 24.3 Å². The van der Waals surface area contributed by atoms with Gasteiger partial charge in [0.1, 0.15) is 5.69 Å². The van der Waals surface area contributed by atoms with Gasteiger partial charge in [-0.1, -0.05) is 25.1 Å². The highest BCUT2D eigenvalue weighted by Gasteiger charge is 2.18. The number of nitrogens with one attached hydrogen (secondary N) is 1. The van der Waals surface area contributed by atoms with Gasteiger partial charge in [0.15, 0.2) is 10.8 Å². The van der Waals surface area contributed by atoms with Gasteiger partial charge in [-0.2, -0.15) is 0 Å². The zero-order valence-electron chi connectivity index (χ0n) is 10.8. The van der Waals surface area contributed by atoms with E-state index in [9.17, 15) is 9.59 Å². The van der Waals surface area contributed by atoms with E-state index < -0.39 is 0 Å². The summed E-state index contributed by atoms with van der Waals surface area (Å²) in [6.45, 7) is 1.78. The second-order valence-electron chi connectivity index (χ2n) is 4.39. The second-order valence-corrected chi connectivity index (χ2v) is 5.25. The Bertz CT molecular complexity index is 801. The predicted octanol–water partition coefficient (Wildman–Crippen LogP) is 3.45. The van der Waals surface area contributed by atoms with Gasteiger partial charge in [0.25, 0.3) is 0 Å². The summed E-state index contributed by atoms with van der Waals surface area (Å²) in [5.74, 6) is -0.193. The van der Waals surface area contributed by atoms with Gasteiger partial charge in [-0.15, -0.1) is 11.3 Å². The Hall–Kier alpha value is -2.27. The largest absolute Gasteiger partial charge is 0.360 e. The number of thiazole rings is 1. The smallest absolute Gasteiger partial charge is 0.223 e. The van der Waals surface area contributed by atoms with Crippen molar-refractivity contribution in [3.05, 3.63) is 52.1 Å². The van der Waals surface area contributed by atoms with Gasteiger partial charge in [-0.05, 0) is 6.07 Å². The molecule has 1 aromatic carbocycles. The minimum absolute atomic E-state index is 0.0424. The van der Waals surface area contributed by atoms with Gasteiger partial charge in [0.05, 0.1) is 5.56 Å². The molecule has 0 spiro atoms. The van der Waals surface area contributed by atoms with Gasteiger partial charge in [0, 0.05) is 28.9 Å². The third-order valence-corrected chi connectivity index (χ3v) is 3.98. The normalized spacial score (nSPS) is 10.8. The molecular formula is C15H12N2O2S. The molecule has 0 aliphatic rings. The molecule has 0 bridgehead atoms. The molecule has 20 heavy (non-hydrogen) atoms. The van der Waals surface area contributed by atoms with Crippen molar-refractivity contribution >= 4 is 33.8 Å². The summed E-state index contributed by atoms with van der Waals surface area (Å²) in [7, 11) is 0. The fraction of sp³-hybridized carbons (Fsp3) is 0.133. The van der Waals surface area contributed by atoms with E-state index >= 15 is 0 Å². The van der Waals surface area contributed by atoms with Crippen molar-refractivity contribution < 1.29 is 9.59 Å². The lowest BCUT2D eigenvalue weighted by Crippen LogP contribution is -2.02. The Kier molecular flexibility index (Phi) is 3.20. The lowest BCUT2D eigenvalue weighted by atomic mass is 10.1. The lowest BCUT2D eigenvalue weighted by molar-refractivity contribution is 0.0984. The summed E-state index contributed by atoms with van der Waals surface area (Å²) in [5.41, 5.74) is 1.88. The first-order chi connectivity index (χ1) is 9.70. The van der Waals surface area contributed by atoms with Crippen molar-refractivity contribution in [2.24, 2.45) is 0 Å². The van der Waals surface area contributed by atoms with Gasteiger partial charge >= 0.3 is 0 Å². The van der Waals surface area contributed by atoms with Crippen LogP contribution in [0, 0.1) is 0 Å². The number of hydrogen-bond acceptors (Lipinski definition) is 4. The topological polar surface area (TPSA) is 62.8 Å². The number of rotatable bonds is 4. The molecule has 5 heteroatoms. The number of carbonyl (C=O) groups excluding carboxylic acids is 2. The number of nitrogens with zero attached hydrogens (tertiary/aromatic N) is 1. The third-order valence-electron chi connectivity index (χ3n) is 3.14. The van der Waals surface area contributed by atoms with Crippen molar-refractivity contribution in [1.82, 2.24) is 9.97 Å². The number of ketones is 2. The lowest BCUT2D eigenvalue weighted by Gasteiger charge is -1.95. The summed E-state index contributed by atoms with van der Waals surface area (Å²) in [4.78, 5) is 31.3. The minimum atomic E-state index is -0.150. The number of hydrogen-bond donors (Lipinski definition) is 1. The molecule has 1 N–H and O–H groups in total. The molecule has 3 rings (SSSR count). The quantitative estimate of drug-likeness (QED) is 0.746. The molecule has 2 heterocycles. The molecule has 2 aromatic heterocycles. The van der Waals surface area contributed by atoms with Crippen molar-refractivity contribution in [2.75, 3.05) is 0 Å². The van der Waals surface area contributed by atoms with Crippen LogP contribution in [0.5, 0.6) is 0 Å². The van der Waals surface area contributed by atoms with E-state index in [4.69, 9.17) is 0 Å². The number of carbonyl (C=O) groups is 2. The van der Waals surface area contributed by atoms with E-state index in [-0.39, 0.29) is 11.6 Å². The first kappa shape index (κ1) is 12.7. The molecular weight excluding hydrogens is 272 g/mol. The van der Waals surface area contributed by atoms with E-state index in [2.05, 4.69) is 9.97 Å². The average Bonchev–Trinajstić information content (AvgIpc) is 3.12. The highest BCUT2D eigenvalue weighted by atomic mass is 32.1. The maximum Gasteiger partial charge on any atom is 0.223 e. The molecule has 0 amide bonds. The average molecular weight is 284 g/mol. The zero-order valence-corrected chi connectivity index (χ0v) is 11.7. The Morgan fingerprint density at radius 3 is 2.90 bits per heavy atom. The van der Waals surface area contributed by atoms with Crippen LogP contribution in [0.4, 0.5) is 0 Å². The second kappa shape index (κ2) is 5.02. The SMILES string of the molecule is CCC(=O)c1csc(C(=O)c2c[nH]c3ccccc23)n1. The molecule has 4 nitrogen and oxygen atoms in total. The summed E-state index contributed by atoms with van der Waals surface area (Å²) in [6, 6.07) is 7.61. The number of fused-ring (bicyclic) bond motifs is 1. The van der Waals surface area contributed by atoms with E-state index in [0.717, 1.165) is 10.9 Å². The number of aromatic amines is 1. The number of para-hydroxylation sites is 1. The summed E-state index contributed by atoms with van der Waals surface area (Å²) in [5, 5.41) is 2.87. The maximum atomic E-state index is 12.5. The Morgan fingerprint density at radius 1 is 1.30 bits per heavy atom. The number of H-pyrrole nitrogens is 1. The van der Waals surface area contributed by atoms with Crippen LogP contribution < -0.4 is 0 Å². The molecule has 0 aliphatic heterocycles. The Morgan fingerprint density at radius 2 is 2.10 bits per heavy atom. The van der Waals surface area contributed by atoms with Crippen molar-refractivity contribution in [1.29, 1.82) is 0 Å². The van der Waals surface area contributed by atoms with Crippen LogP contribution in [0.3, 0.4) is 0 Å². The van der Waals surface area contributed by atoms with E-state index in [0.29, 0.717) is 22.7 Å². The molecule has 0 aliphatic carbocycles. The molecule has 0 fully saturated rings. The van der Waals surface area contributed by atoms with Crippen LogP contribution in [0.25, 0.3) is 10.9 Å². The number of aromatic nitrogens is 2. The van der Waals surface area contributed by atoms with E-state index in [1.54, 1.807) is 18.5 Å². The van der Waals surface area contributed by atoms with Crippen LogP contribution in [-0.4, -0.2) is 21.5 Å². The maximum absolute atomic E-state index is 12.5. The number of Topliss-reactive ketones (excluding diaryl/α,β-unsaturated/α-hetero) is 1. The fourth-order valence-electron chi connectivity index (χ4n) is 2.06. The van der Waals surface area contributed by atoms with Crippen LogP contribution in [0.15, 0.2) is 35.8 Å². The predicted molar refractivity (Wildman–Crippen MR) is 78.5 cm³/mol. The van der Waals surface area contributed by atoms with Crippen LogP contribution in [0.2, 0.25) is 0 Å². The van der Waals surface area contributed by atoms with Gasteiger partial charge < -0.3 is 4.98 Å². The van der Waals surface area contributed by atoms with Crippen molar-refractivity contribution in [2.45, 2.75) is 13.3 Å². The highest BCUT2D eigenvalue weighted by molar-refractivity contribution is 7.12. The number of benzene rings is 1. The molecule has 3 aromatic rings. The highest BCUT2D eigenvalue weighted by Crippen LogP contribution is 2.22. The third kappa shape index (κ3) is 2.06.